The number of carbonyl (C=O) groups is 1. The normalized spacial score (nSPS) is 10.3. The molecular weight excluding hydrogens is 294 g/mol. The number of thioether (sulfide) groups is 1. The van der Waals surface area contributed by atoms with Gasteiger partial charge in [-0.3, -0.25) is 4.79 Å². The zero-order chi connectivity index (χ0) is 15.9. The van der Waals surface area contributed by atoms with E-state index in [9.17, 15) is 4.79 Å². The fraction of sp³-hybridized carbons (Fsp3) is 0.278. The van der Waals surface area contributed by atoms with Gasteiger partial charge in [0.05, 0.1) is 12.7 Å². The molecule has 0 bridgehead atoms. The summed E-state index contributed by atoms with van der Waals surface area (Å²) in [5.74, 6) is 1.50. The fourth-order valence-electron chi connectivity index (χ4n) is 2.19. The lowest BCUT2D eigenvalue weighted by Crippen LogP contribution is -2.29. The number of aryl methyl sites for hydroxylation is 1. The van der Waals surface area contributed by atoms with Gasteiger partial charge in [-0.25, -0.2) is 0 Å². The number of carbonyl (C=O) groups excluding carboxylic acids is 1. The number of ether oxygens (including phenoxy) is 1. The van der Waals surface area contributed by atoms with Crippen molar-refractivity contribution in [3.05, 3.63) is 59.7 Å². The molecular formula is C18H21NO2S. The van der Waals surface area contributed by atoms with E-state index in [0.29, 0.717) is 17.9 Å². The minimum absolute atomic E-state index is 0.00334. The predicted molar refractivity (Wildman–Crippen MR) is 91.9 cm³/mol. The summed E-state index contributed by atoms with van der Waals surface area (Å²) in [5, 5.41) is 0. The summed E-state index contributed by atoms with van der Waals surface area (Å²) in [4.78, 5) is 15.6. The Bertz CT molecular complexity index is 628. The van der Waals surface area contributed by atoms with Gasteiger partial charge in [0.15, 0.2) is 0 Å². The van der Waals surface area contributed by atoms with Gasteiger partial charge in [-0.1, -0.05) is 30.3 Å². The summed E-state index contributed by atoms with van der Waals surface area (Å²) >= 11 is 1.75. The monoisotopic (exact) mass is 315 g/mol. The standard InChI is InChI=1S/C18H21NO2S/c1-14-8-7-11-16(21-3)17(14)18(20)19(2)12-13-22-15-9-5-4-6-10-15/h4-11H,12-13H2,1-3H3. The molecule has 0 aromatic heterocycles. The van der Waals surface area contributed by atoms with Crippen molar-refractivity contribution in [3.63, 3.8) is 0 Å². The molecule has 0 N–H and O–H groups in total. The molecule has 2 aromatic carbocycles. The Hall–Kier alpha value is -1.94. The van der Waals surface area contributed by atoms with Crippen molar-refractivity contribution in [3.8, 4) is 5.75 Å². The number of methoxy groups -OCH3 is 1. The number of hydrogen-bond acceptors (Lipinski definition) is 3. The van der Waals surface area contributed by atoms with Gasteiger partial charge in [-0.15, -0.1) is 11.8 Å². The van der Waals surface area contributed by atoms with Gasteiger partial charge in [0.1, 0.15) is 5.75 Å². The molecule has 0 radical (unpaired) electrons. The lowest BCUT2D eigenvalue weighted by Gasteiger charge is -2.19. The molecule has 2 aromatic rings. The van der Waals surface area contributed by atoms with E-state index in [0.717, 1.165) is 11.3 Å². The van der Waals surface area contributed by atoms with Crippen LogP contribution in [0.2, 0.25) is 0 Å². The molecule has 4 heteroatoms. The van der Waals surface area contributed by atoms with Crippen LogP contribution in [0, 0.1) is 6.92 Å². The van der Waals surface area contributed by atoms with Gasteiger partial charge in [0, 0.05) is 24.2 Å². The van der Waals surface area contributed by atoms with E-state index in [4.69, 9.17) is 4.74 Å². The maximum Gasteiger partial charge on any atom is 0.257 e. The van der Waals surface area contributed by atoms with Crippen molar-refractivity contribution in [2.24, 2.45) is 0 Å². The van der Waals surface area contributed by atoms with Crippen LogP contribution in [-0.4, -0.2) is 37.3 Å². The highest BCUT2D eigenvalue weighted by molar-refractivity contribution is 7.99. The molecule has 0 spiro atoms. The molecule has 0 aliphatic rings. The Kier molecular flexibility index (Phi) is 5.90. The smallest absolute Gasteiger partial charge is 0.257 e. The average molecular weight is 315 g/mol. The number of amides is 1. The largest absolute Gasteiger partial charge is 0.496 e. The van der Waals surface area contributed by atoms with Crippen LogP contribution < -0.4 is 4.74 Å². The Balaban J connectivity index is 1.98. The first kappa shape index (κ1) is 16.4. The van der Waals surface area contributed by atoms with Crippen molar-refractivity contribution in [1.82, 2.24) is 4.90 Å². The lowest BCUT2D eigenvalue weighted by molar-refractivity contribution is 0.0799. The molecule has 1 amide bonds. The van der Waals surface area contributed by atoms with Gasteiger partial charge in [0.25, 0.3) is 5.91 Å². The quantitative estimate of drug-likeness (QED) is 0.758. The number of hydrogen-bond donors (Lipinski definition) is 0. The minimum Gasteiger partial charge on any atom is -0.496 e. The Labute approximate surface area is 136 Å². The van der Waals surface area contributed by atoms with Crippen molar-refractivity contribution < 1.29 is 9.53 Å². The number of benzene rings is 2. The molecule has 0 aliphatic carbocycles. The predicted octanol–water partition coefficient (Wildman–Crippen LogP) is 3.87. The van der Waals surface area contributed by atoms with Crippen molar-refractivity contribution in [2.45, 2.75) is 11.8 Å². The van der Waals surface area contributed by atoms with Crippen LogP contribution in [0.1, 0.15) is 15.9 Å². The van der Waals surface area contributed by atoms with Crippen molar-refractivity contribution in [2.75, 3.05) is 26.5 Å². The second kappa shape index (κ2) is 7.90. The van der Waals surface area contributed by atoms with E-state index in [1.54, 1.807) is 23.8 Å². The molecule has 3 nitrogen and oxygen atoms in total. The maximum absolute atomic E-state index is 12.6. The van der Waals surface area contributed by atoms with Gasteiger partial charge in [-0.05, 0) is 30.7 Å². The van der Waals surface area contributed by atoms with Crippen LogP contribution in [0.25, 0.3) is 0 Å². The van der Waals surface area contributed by atoms with Crippen LogP contribution in [-0.2, 0) is 0 Å². The third kappa shape index (κ3) is 4.04. The number of rotatable bonds is 6. The minimum atomic E-state index is 0.00334. The topological polar surface area (TPSA) is 29.5 Å². The molecule has 0 aliphatic heterocycles. The zero-order valence-corrected chi connectivity index (χ0v) is 14.0. The fourth-order valence-corrected chi connectivity index (χ4v) is 3.14. The summed E-state index contributed by atoms with van der Waals surface area (Å²) < 4.78 is 5.32. The van der Waals surface area contributed by atoms with Gasteiger partial charge in [-0.2, -0.15) is 0 Å². The molecule has 0 saturated carbocycles. The van der Waals surface area contributed by atoms with E-state index < -0.39 is 0 Å². The summed E-state index contributed by atoms with van der Waals surface area (Å²) in [6, 6.07) is 15.9. The van der Waals surface area contributed by atoms with E-state index in [2.05, 4.69) is 12.1 Å². The molecule has 0 saturated heterocycles. The number of nitrogens with zero attached hydrogens (tertiary/aromatic N) is 1. The third-order valence-electron chi connectivity index (χ3n) is 3.45. The maximum atomic E-state index is 12.6. The highest BCUT2D eigenvalue weighted by atomic mass is 32.2. The highest BCUT2D eigenvalue weighted by Gasteiger charge is 2.18. The van der Waals surface area contributed by atoms with Gasteiger partial charge >= 0.3 is 0 Å². The van der Waals surface area contributed by atoms with E-state index >= 15 is 0 Å². The average Bonchev–Trinajstić information content (AvgIpc) is 2.54. The second-order valence-corrected chi connectivity index (χ2v) is 6.21. The van der Waals surface area contributed by atoms with E-state index in [1.165, 1.54) is 4.90 Å². The van der Waals surface area contributed by atoms with Gasteiger partial charge < -0.3 is 9.64 Å². The molecule has 22 heavy (non-hydrogen) atoms. The Morgan fingerprint density at radius 2 is 1.86 bits per heavy atom. The lowest BCUT2D eigenvalue weighted by atomic mass is 10.1. The first-order valence-corrected chi connectivity index (χ1v) is 8.19. The van der Waals surface area contributed by atoms with Crippen LogP contribution in [0.4, 0.5) is 0 Å². The van der Waals surface area contributed by atoms with Crippen molar-refractivity contribution in [1.29, 1.82) is 0 Å². The SMILES string of the molecule is COc1cccc(C)c1C(=O)N(C)CCSc1ccccc1. The summed E-state index contributed by atoms with van der Waals surface area (Å²) in [6.45, 7) is 2.62. The van der Waals surface area contributed by atoms with E-state index in [1.807, 2.05) is 50.4 Å². The molecule has 0 unspecified atom stereocenters. The van der Waals surface area contributed by atoms with Crippen LogP contribution in [0.15, 0.2) is 53.4 Å². The first-order chi connectivity index (χ1) is 10.6. The van der Waals surface area contributed by atoms with Gasteiger partial charge in [0.2, 0.25) is 0 Å². The first-order valence-electron chi connectivity index (χ1n) is 7.20. The molecule has 0 heterocycles. The van der Waals surface area contributed by atoms with Crippen LogP contribution in [0.3, 0.4) is 0 Å². The molecule has 0 atom stereocenters. The third-order valence-corrected chi connectivity index (χ3v) is 4.45. The Morgan fingerprint density at radius 1 is 1.14 bits per heavy atom. The van der Waals surface area contributed by atoms with Crippen LogP contribution >= 0.6 is 11.8 Å². The summed E-state index contributed by atoms with van der Waals surface area (Å²) in [7, 11) is 3.43. The Morgan fingerprint density at radius 3 is 2.55 bits per heavy atom. The summed E-state index contributed by atoms with van der Waals surface area (Å²) in [6.07, 6.45) is 0. The second-order valence-electron chi connectivity index (χ2n) is 5.04. The zero-order valence-electron chi connectivity index (χ0n) is 13.2. The molecule has 116 valence electrons. The van der Waals surface area contributed by atoms with Crippen molar-refractivity contribution >= 4 is 17.7 Å². The van der Waals surface area contributed by atoms with E-state index in [-0.39, 0.29) is 5.91 Å². The van der Waals surface area contributed by atoms with Crippen LogP contribution in [0.5, 0.6) is 5.75 Å². The summed E-state index contributed by atoms with van der Waals surface area (Å²) in [5.41, 5.74) is 1.59. The molecule has 0 fully saturated rings. The highest BCUT2D eigenvalue weighted by Crippen LogP contribution is 2.23. The molecule has 2 rings (SSSR count).